The maximum Gasteiger partial charge on any atom is 0.138 e. The molecule has 2 aromatic carbocycles. The first kappa shape index (κ1) is 12.6. The van der Waals surface area contributed by atoms with Crippen molar-refractivity contribution in [3.05, 3.63) is 71.4 Å². The number of aromatic nitrogens is 1. The lowest BCUT2D eigenvalue weighted by atomic mass is 10.2. The van der Waals surface area contributed by atoms with Gasteiger partial charge in [-0.25, -0.2) is 4.98 Å². The van der Waals surface area contributed by atoms with E-state index in [2.05, 4.69) is 15.5 Å². The first-order valence-electron chi connectivity index (χ1n) is 6.22. The lowest BCUT2D eigenvalue weighted by molar-refractivity contribution is 1.34. The molecule has 3 aromatic rings. The van der Waals surface area contributed by atoms with E-state index in [9.17, 15) is 0 Å². The summed E-state index contributed by atoms with van der Waals surface area (Å²) in [5.41, 5.74) is 5.54. The normalized spacial score (nSPS) is 11.1. The van der Waals surface area contributed by atoms with E-state index in [1.54, 1.807) is 6.21 Å². The van der Waals surface area contributed by atoms with Crippen molar-refractivity contribution in [1.82, 2.24) is 4.98 Å². The van der Waals surface area contributed by atoms with Crippen molar-refractivity contribution < 1.29 is 0 Å². The van der Waals surface area contributed by atoms with Gasteiger partial charge in [-0.2, -0.15) is 5.10 Å². The second-order valence-electron chi connectivity index (χ2n) is 4.30. The highest BCUT2D eigenvalue weighted by Crippen LogP contribution is 2.19. The molecule has 1 aromatic heterocycles. The van der Waals surface area contributed by atoms with Crippen LogP contribution in [0.4, 0.5) is 5.69 Å². The van der Waals surface area contributed by atoms with Gasteiger partial charge < -0.3 is 0 Å². The summed E-state index contributed by atoms with van der Waals surface area (Å²) in [6, 6.07) is 19.6. The number of nitrogens with zero attached hydrogens (tertiary/aromatic N) is 2. The number of halogens is 1. The molecule has 4 heteroatoms. The number of hydrazone groups is 1. The summed E-state index contributed by atoms with van der Waals surface area (Å²) in [5.74, 6) is 0. The number of nitrogens with one attached hydrogen (secondary N) is 1. The second-order valence-corrected chi connectivity index (χ2v) is 4.66. The van der Waals surface area contributed by atoms with Crippen molar-refractivity contribution in [1.29, 1.82) is 0 Å². The van der Waals surface area contributed by atoms with Gasteiger partial charge in [-0.3, -0.25) is 5.43 Å². The van der Waals surface area contributed by atoms with Crippen molar-refractivity contribution in [2.75, 3.05) is 5.43 Å². The summed E-state index contributed by atoms with van der Waals surface area (Å²) in [4.78, 5) is 4.35. The number of hydrogen-bond donors (Lipinski definition) is 1. The zero-order valence-electron chi connectivity index (χ0n) is 10.6. The largest absolute Gasteiger partial charge is 0.279 e. The Hall–Kier alpha value is -2.39. The van der Waals surface area contributed by atoms with Crippen molar-refractivity contribution in [3.63, 3.8) is 0 Å². The van der Waals surface area contributed by atoms with Gasteiger partial charge in [-0.1, -0.05) is 48.0 Å². The van der Waals surface area contributed by atoms with Crippen LogP contribution in [-0.4, -0.2) is 11.2 Å². The Balaban J connectivity index is 1.85. The van der Waals surface area contributed by atoms with E-state index in [1.807, 2.05) is 60.7 Å². The molecule has 3 rings (SSSR count). The number of pyridine rings is 1. The van der Waals surface area contributed by atoms with E-state index in [-0.39, 0.29) is 0 Å². The zero-order chi connectivity index (χ0) is 13.8. The minimum Gasteiger partial charge on any atom is -0.279 e. The van der Waals surface area contributed by atoms with Gasteiger partial charge in [0.15, 0.2) is 0 Å². The molecule has 0 amide bonds. The van der Waals surface area contributed by atoms with Gasteiger partial charge >= 0.3 is 0 Å². The molecule has 0 fully saturated rings. The van der Waals surface area contributed by atoms with E-state index in [0.29, 0.717) is 5.15 Å². The number of fused-ring (bicyclic) bond motifs is 1. The number of rotatable bonds is 3. The van der Waals surface area contributed by atoms with Crippen LogP contribution in [0.15, 0.2) is 65.8 Å². The molecule has 1 N–H and O–H groups in total. The van der Waals surface area contributed by atoms with Crippen LogP contribution in [0, 0.1) is 0 Å². The summed E-state index contributed by atoms with van der Waals surface area (Å²) in [6.07, 6.45) is 1.68. The van der Waals surface area contributed by atoms with Crippen LogP contribution >= 0.6 is 11.6 Å². The fraction of sp³-hybridized carbons (Fsp3) is 0. The minimum absolute atomic E-state index is 0.447. The number of para-hydroxylation sites is 2. The van der Waals surface area contributed by atoms with Crippen molar-refractivity contribution in [2.45, 2.75) is 0 Å². The molecule has 0 bridgehead atoms. The fourth-order valence-corrected chi connectivity index (χ4v) is 2.08. The minimum atomic E-state index is 0.447. The Bertz CT molecular complexity index is 754. The van der Waals surface area contributed by atoms with Crippen LogP contribution in [0.1, 0.15) is 5.56 Å². The van der Waals surface area contributed by atoms with Gasteiger partial charge in [0.05, 0.1) is 17.4 Å². The maximum absolute atomic E-state index is 6.15. The van der Waals surface area contributed by atoms with E-state index < -0.39 is 0 Å². The van der Waals surface area contributed by atoms with Crippen molar-refractivity contribution in [2.24, 2.45) is 5.10 Å². The van der Waals surface area contributed by atoms with Crippen molar-refractivity contribution >= 4 is 34.4 Å². The monoisotopic (exact) mass is 281 g/mol. The summed E-state index contributed by atoms with van der Waals surface area (Å²) in [6.45, 7) is 0. The molecule has 1 heterocycles. The molecule has 20 heavy (non-hydrogen) atoms. The number of anilines is 1. The highest BCUT2D eigenvalue weighted by molar-refractivity contribution is 6.32. The fourth-order valence-electron chi connectivity index (χ4n) is 1.89. The summed E-state index contributed by atoms with van der Waals surface area (Å²) < 4.78 is 0. The Labute approximate surface area is 121 Å². The molecule has 0 unspecified atom stereocenters. The van der Waals surface area contributed by atoms with Crippen LogP contribution in [0.25, 0.3) is 10.9 Å². The van der Waals surface area contributed by atoms with E-state index in [0.717, 1.165) is 22.2 Å². The van der Waals surface area contributed by atoms with Crippen LogP contribution < -0.4 is 5.43 Å². The molecule has 0 aliphatic rings. The number of benzene rings is 2. The zero-order valence-corrected chi connectivity index (χ0v) is 11.4. The van der Waals surface area contributed by atoms with Crippen molar-refractivity contribution in [3.8, 4) is 0 Å². The first-order valence-corrected chi connectivity index (χ1v) is 6.60. The molecule has 0 saturated carbocycles. The third-order valence-electron chi connectivity index (χ3n) is 2.88. The van der Waals surface area contributed by atoms with Gasteiger partial charge in [-0.05, 0) is 24.3 Å². The van der Waals surface area contributed by atoms with E-state index in [4.69, 9.17) is 11.6 Å². The maximum atomic E-state index is 6.15. The third kappa shape index (κ3) is 2.78. The Morgan fingerprint density at radius 1 is 1.00 bits per heavy atom. The highest BCUT2D eigenvalue weighted by atomic mass is 35.5. The Morgan fingerprint density at radius 2 is 1.75 bits per heavy atom. The van der Waals surface area contributed by atoms with Gasteiger partial charge in [0.25, 0.3) is 0 Å². The van der Waals surface area contributed by atoms with E-state index >= 15 is 0 Å². The molecule has 0 saturated heterocycles. The molecule has 0 atom stereocenters. The summed E-state index contributed by atoms with van der Waals surface area (Å²) in [5, 5.41) is 5.67. The smallest absolute Gasteiger partial charge is 0.138 e. The van der Waals surface area contributed by atoms with Crippen LogP contribution in [0.2, 0.25) is 5.15 Å². The molecular formula is C16H12ClN3. The molecule has 98 valence electrons. The Morgan fingerprint density at radius 3 is 2.60 bits per heavy atom. The predicted molar refractivity (Wildman–Crippen MR) is 84.4 cm³/mol. The molecule has 0 aliphatic carbocycles. The predicted octanol–water partition coefficient (Wildman–Crippen LogP) is 4.33. The molecule has 0 spiro atoms. The standard InChI is InChI=1S/C16H12ClN3/c17-16-13(10-12-6-4-5-9-15(12)19-16)11-18-20-14-7-2-1-3-8-14/h1-11,20H/b18-11+. The van der Waals surface area contributed by atoms with Gasteiger partial charge in [0.2, 0.25) is 0 Å². The van der Waals surface area contributed by atoms with Gasteiger partial charge in [-0.15, -0.1) is 0 Å². The first-order chi connectivity index (χ1) is 9.83. The SMILES string of the molecule is Clc1nc2ccccc2cc1/C=N/Nc1ccccc1. The third-order valence-corrected chi connectivity index (χ3v) is 3.18. The topological polar surface area (TPSA) is 37.3 Å². The molecular weight excluding hydrogens is 270 g/mol. The summed E-state index contributed by atoms with van der Waals surface area (Å²) >= 11 is 6.15. The Kier molecular flexibility index (Phi) is 3.61. The molecule has 0 aliphatic heterocycles. The number of hydrogen-bond acceptors (Lipinski definition) is 3. The van der Waals surface area contributed by atoms with Crippen LogP contribution in [0.3, 0.4) is 0 Å². The lowest BCUT2D eigenvalue weighted by Crippen LogP contribution is -1.93. The lowest BCUT2D eigenvalue weighted by Gasteiger charge is -2.02. The average Bonchev–Trinajstić information content (AvgIpc) is 2.49. The molecule has 0 radical (unpaired) electrons. The summed E-state index contributed by atoms with van der Waals surface area (Å²) in [7, 11) is 0. The quantitative estimate of drug-likeness (QED) is 0.441. The van der Waals surface area contributed by atoms with E-state index in [1.165, 1.54) is 0 Å². The molecule has 3 nitrogen and oxygen atoms in total. The second kappa shape index (κ2) is 5.72. The van der Waals surface area contributed by atoms with Crippen LogP contribution in [0.5, 0.6) is 0 Å². The van der Waals surface area contributed by atoms with Crippen LogP contribution in [-0.2, 0) is 0 Å². The highest BCUT2D eigenvalue weighted by Gasteiger charge is 2.02. The van der Waals surface area contributed by atoms with Gasteiger partial charge in [0.1, 0.15) is 5.15 Å². The average molecular weight is 282 g/mol. The van der Waals surface area contributed by atoms with Gasteiger partial charge in [0, 0.05) is 10.9 Å².